The molecule has 0 saturated heterocycles. The van der Waals surface area contributed by atoms with Crippen LogP contribution in [0.3, 0.4) is 0 Å². The monoisotopic (exact) mass is 374 g/mol. The Bertz CT molecular complexity index is 966. The molecule has 0 unspecified atom stereocenters. The number of hydrogen-bond acceptors (Lipinski definition) is 4. The van der Waals surface area contributed by atoms with Gasteiger partial charge in [0, 0.05) is 30.3 Å². The third-order valence-corrected chi connectivity index (χ3v) is 3.67. The van der Waals surface area contributed by atoms with E-state index in [1.54, 1.807) is 35.0 Å². The van der Waals surface area contributed by atoms with Crippen molar-refractivity contribution in [2.45, 2.75) is 20.0 Å². The molecule has 1 aromatic carbocycles. The fourth-order valence-electron chi connectivity index (χ4n) is 2.41. The van der Waals surface area contributed by atoms with Gasteiger partial charge >= 0.3 is 6.55 Å². The lowest BCUT2D eigenvalue weighted by atomic mass is 10.2. The van der Waals surface area contributed by atoms with E-state index in [0.717, 1.165) is 6.20 Å². The van der Waals surface area contributed by atoms with Crippen LogP contribution in [-0.4, -0.2) is 31.4 Å². The lowest BCUT2D eigenvalue weighted by Gasteiger charge is -2.09. The number of carbonyl (C=O) groups excluding carboxylic acids is 2. The molecule has 140 valence electrons. The van der Waals surface area contributed by atoms with Crippen LogP contribution in [0.2, 0.25) is 0 Å². The summed E-state index contributed by atoms with van der Waals surface area (Å²) in [4.78, 5) is 24.5. The van der Waals surface area contributed by atoms with Crippen molar-refractivity contribution in [2.75, 3.05) is 10.6 Å². The predicted molar refractivity (Wildman–Crippen MR) is 93.7 cm³/mol. The average Bonchev–Trinajstić information content (AvgIpc) is 3.31. The molecule has 0 fully saturated rings. The number of alkyl halides is 2. The minimum Gasteiger partial charge on any atom is -0.321 e. The standard InChI is InChI=1S/C17H16F2N6O2/c1-2-24-14(6-8-20-24)16(27)22-12-5-3-4-11(10-12)21-15(26)13-7-9-25(23-13)17(18)19/h3-10,17H,2H2,1H3,(H,21,26)(H,22,27). The van der Waals surface area contributed by atoms with Crippen LogP contribution in [-0.2, 0) is 6.54 Å². The molecule has 3 rings (SSSR count). The van der Waals surface area contributed by atoms with Crippen molar-refractivity contribution < 1.29 is 18.4 Å². The Balaban J connectivity index is 1.69. The Morgan fingerprint density at radius 1 is 1.11 bits per heavy atom. The second kappa shape index (κ2) is 7.77. The van der Waals surface area contributed by atoms with E-state index in [-0.39, 0.29) is 11.6 Å². The molecule has 2 N–H and O–H groups in total. The minimum atomic E-state index is -2.82. The summed E-state index contributed by atoms with van der Waals surface area (Å²) >= 11 is 0. The Hall–Kier alpha value is -3.56. The van der Waals surface area contributed by atoms with Crippen molar-refractivity contribution >= 4 is 23.2 Å². The smallest absolute Gasteiger partial charge is 0.321 e. The maximum atomic E-state index is 12.5. The van der Waals surface area contributed by atoms with Gasteiger partial charge < -0.3 is 10.6 Å². The van der Waals surface area contributed by atoms with E-state index in [9.17, 15) is 18.4 Å². The Morgan fingerprint density at radius 3 is 2.44 bits per heavy atom. The van der Waals surface area contributed by atoms with Gasteiger partial charge in [-0.1, -0.05) is 6.07 Å². The molecule has 0 atom stereocenters. The third kappa shape index (κ3) is 4.17. The molecule has 27 heavy (non-hydrogen) atoms. The van der Waals surface area contributed by atoms with Gasteiger partial charge in [-0.2, -0.15) is 19.0 Å². The van der Waals surface area contributed by atoms with E-state index in [4.69, 9.17) is 0 Å². The van der Waals surface area contributed by atoms with E-state index in [0.29, 0.717) is 28.3 Å². The molecule has 0 saturated carbocycles. The van der Waals surface area contributed by atoms with Gasteiger partial charge in [0.25, 0.3) is 11.8 Å². The first-order valence-corrected chi connectivity index (χ1v) is 8.06. The zero-order valence-corrected chi connectivity index (χ0v) is 14.3. The summed E-state index contributed by atoms with van der Waals surface area (Å²) in [6.07, 6.45) is 2.56. The van der Waals surface area contributed by atoms with Gasteiger partial charge in [0.05, 0.1) is 0 Å². The van der Waals surface area contributed by atoms with Crippen LogP contribution in [0.4, 0.5) is 20.2 Å². The van der Waals surface area contributed by atoms with E-state index in [1.807, 2.05) is 6.92 Å². The maximum absolute atomic E-state index is 12.5. The number of rotatable bonds is 6. The van der Waals surface area contributed by atoms with Crippen LogP contribution in [0.15, 0.2) is 48.8 Å². The molecule has 2 amide bonds. The highest BCUT2D eigenvalue weighted by molar-refractivity contribution is 6.05. The van der Waals surface area contributed by atoms with Gasteiger partial charge in [-0.15, -0.1) is 0 Å². The predicted octanol–water partition coefficient (Wildman–Crippen LogP) is 3.00. The maximum Gasteiger partial charge on any atom is 0.333 e. The lowest BCUT2D eigenvalue weighted by Crippen LogP contribution is -2.18. The molecule has 8 nitrogen and oxygen atoms in total. The topological polar surface area (TPSA) is 93.8 Å². The van der Waals surface area contributed by atoms with E-state index < -0.39 is 12.5 Å². The Kier molecular flexibility index (Phi) is 5.25. The van der Waals surface area contributed by atoms with Gasteiger partial charge in [-0.05, 0) is 37.3 Å². The van der Waals surface area contributed by atoms with Gasteiger partial charge in [-0.3, -0.25) is 14.3 Å². The van der Waals surface area contributed by atoms with Gasteiger partial charge in [-0.25, -0.2) is 4.68 Å². The molecule has 2 heterocycles. The Labute approximate surface area is 152 Å². The fraction of sp³-hybridized carbons (Fsp3) is 0.176. The molecule has 10 heteroatoms. The number of hydrogen-bond donors (Lipinski definition) is 2. The molecule has 0 aliphatic carbocycles. The van der Waals surface area contributed by atoms with Crippen LogP contribution in [0.25, 0.3) is 0 Å². The number of anilines is 2. The van der Waals surface area contributed by atoms with E-state index in [2.05, 4.69) is 20.8 Å². The van der Waals surface area contributed by atoms with Gasteiger partial charge in [0.2, 0.25) is 0 Å². The highest BCUT2D eigenvalue weighted by atomic mass is 19.3. The SMILES string of the molecule is CCn1nccc1C(=O)Nc1cccc(NC(=O)c2ccn(C(F)F)n2)c1. The quantitative estimate of drug-likeness (QED) is 0.694. The van der Waals surface area contributed by atoms with Crippen molar-refractivity contribution in [2.24, 2.45) is 0 Å². The van der Waals surface area contributed by atoms with Crippen molar-refractivity contribution in [1.82, 2.24) is 19.6 Å². The molecule has 0 aliphatic heterocycles. The van der Waals surface area contributed by atoms with Crippen LogP contribution in [0.1, 0.15) is 34.5 Å². The summed E-state index contributed by atoms with van der Waals surface area (Å²) in [5, 5.41) is 12.8. The molecular formula is C17H16F2N6O2. The van der Waals surface area contributed by atoms with Crippen LogP contribution in [0, 0.1) is 0 Å². The summed E-state index contributed by atoms with van der Waals surface area (Å²) in [6, 6.07) is 9.25. The minimum absolute atomic E-state index is 0.142. The summed E-state index contributed by atoms with van der Waals surface area (Å²) in [7, 11) is 0. The first-order chi connectivity index (χ1) is 13.0. The number of carbonyl (C=O) groups is 2. The van der Waals surface area contributed by atoms with Crippen molar-refractivity contribution in [3.8, 4) is 0 Å². The molecule has 3 aromatic rings. The first kappa shape index (κ1) is 18.2. The number of aromatic nitrogens is 4. The number of amides is 2. The molecule has 0 spiro atoms. The highest BCUT2D eigenvalue weighted by Crippen LogP contribution is 2.17. The number of halogens is 2. The molecular weight excluding hydrogens is 358 g/mol. The van der Waals surface area contributed by atoms with E-state index in [1.165, 1.54) is 12.3 Å². The van der Waals surface area contributed by atoms with Crippen LogP contribution >= 0.6 is 0 Å². The molecule has 0 bridgehead atoms. The largest absolute Gasteiger partial charge is 0.333 e. The summed E-state index contributed by atoms with van der Waals surface area (Å²) in [5.41, 5.74) is 1.11. The lowest BCUT2D eigenvalue weighted by molar-refractivity contribution is 0.0561. The zero-order chi connectivity index (χ0) is 19.4. The summed E-state index contributed by atoms with van der Waals surface area (Å²) < 4.78 is 27.0. The molecule has 0 aliphatic rings. The van der Waals surface area contributed by atoms with Crippen LogP contribution < -0.4 is 10.6 Å². The van der Waals surface area contributed by atoms with Crippen LogP contribution in [0.5, 0.6) is 0 Å². The average molecular weight is 374 g/mol. The number of aryl methyl sites for hydroxylation is 1. The number of nitrogens with zero attached hydrogens (tertiary/aromatic N) is 4. The van der Waals surface area contributed by atoms with Gasteiger partial charge in [0.15, 0.2) is 5.69 Å². The summed E-state index contributed by atoms with van der Waals surface area (Å²) in [6.45, 7) is -0.395. The molecule has 0 radical (unpaired) electrons. The second-order valence-corrected chi connectivity index (χ2v) is 5.48. The zero-order valence-electron chi connectivity index (χ0n) is 14.3. The number of nitrogens with one attached hydrogen (secondary N) is 2. The third-order valence-electron chi connectivity index (χ3n) is 3.67. The normalized spacial score (nSPS) is 10.8. The van der Waals surface area contributed by atoms with E-state index >= 15 is 0 Å². The highest BCUT2D eigenvalue weighted by Gasteiger charge is 2.15. The van der Waals surface area contributed by atoms with Crippen molar-refractivity contribution in [1.29, 1.82) is 0 Å². The van der Waals surface area contributed by atoms with Gasteiger partial charge in [0.1, 0.15) is 5.69 Å². The fourth-order valence-corrected chi connectivity index (χ4v) is 2.41. The Morgan fingerprint density at radius 2 is 1.81 bits per heavy atom. The molecule has 2 aromatic heterocycles. The van der Waals surface area contributed by atoms with Crippen molar-refractivity contribution in [3.63, 3.8) is 0 Å². The van der Waals surface area contributed by atoms with Crippen molar-refractivity contribution in [3.05, 3.63) is 60.2 Å². The first-order valence-electron chi connectivity index (χ1n) is 8.06. The number of benzene rings is 1. The summed E-state index contributed by atoms with van der Waals surface area (Å²) in [5.74, 6) is -0.976. The second-order valence-electron chi connectivity index (χ2n) is 5.48.